The highest BCUT2D eigenvalue weighted by Crippen LogP contribution is 2.29. The van der Waals surface area contributed by atoms with Gasteiger partial charge in [-0.3, -0.25) is 0 Å². The molecular formula is C16H15FO2. The minimum absolute atomic E-state index is 0.0391. The topological polar surface area (TPSA) is 37.3 Å². The van der Waals surface area contributed by atoms with Gasteiger partial charge in [0.2, 0.25) is 0 Å². The minimum atomic E-state index is -1.12. The Morgan fingerprint density at radius 2 is 1.58 bits per heavy atom. The predicted molar refractivity (Wildman–Crippen MR) is 73.0 cm³/mol. The summed E-state index contributed by atoms with van der Waals surface area (Å²) < 4.78 is 14.0. The third kappa shape index (κ3) is 2.50. The molecule has 0 saturated carbocycles. The number of aromatic carboxylic acids is 1. The van der Waals surface area contributed by atoms with Crippen LogP contribution >= 0.6 is 0 Å². The van der Waals surface area contributed by atoms with Gasteiger partial charge >= 0.3 is 5.97 Å². The Morgan fingerprint density at radius 1 is 0.947 bits per heavy atom. The third-order valence-electron chi connectivity index (χ3n) is 3.35. The summed E-state index contributed by atoms with van der Waals surface area (Å²) in [5, 5.41) is 8.84. The van der Waals surface area contributed by atoms with Crippen molar-refractivity contribution >= 4 is 5.97 Å². The molecule has 0 unspecified atom stereocenters. The molecule has 0 fully saturated rings. The van der Waals surface area contributed by atoms with Crippen LogP contribution < -0.4 is 0 Å². The van der Waals surface area contributed by atoms with E-state index >= 15 is 0 Å². The molecule has 0 aliphatic rings. The van der Waals surface area contributed by atoms with Crippen LogP contribution in [0, 0.1) is 26.6 Å². The van der Waals surface area contributed by atoms with Gasteiger partial charge in [0, 0.05) is 5.56 Å². The van der Waals surface area contributed by atoms with E-state index in [1.54, 1.807) is 0 Å². The molecular weight excluding hydrogens is 243 g/mol. The Balaban J connectivity index is 2.59. The number of hydrogen-bond donors (Lipinski definition) is 1. The van der Waals surface area contributed by atoms with Gasteiger partial charge in [0.15, 0.2) is 0 Å². The lowest BCUT2D eigenvalue weighted by Gasteiger charge is -2.11. The van der Waals surface area contributed by atoms with Gasteiger partial charge in [-0.05, 0) is 55.2 Å². The Hall–Kier alpha value is -2.16. The first kappa shape index (κ1) is 13.3. The number of hydrogen-bond acceptors (Lipinski definition) is 1. The molecule has 0 aromatic heterocycles. The normalized spacial score (nSPS) is 10.5. The second-order valence-corrected chi connectivity index (χ2v) is 4.75. The van der Waals surface area contributed by atoms with Crippen molar-refractivity contribution in [3.8, 4) is 11.1 Å². The molecule has 3 heteroatoms. The van der Waals surface area contributed by atoms with Gasteiger partial charge in [-0.1, -0.05) is 18.2 Å². The molecule has 0 aliphatic heterocycles. The second-order valence-electron chi connectivity index (χ2n) is 4.75. The largest absolute Gasteiger partial charge is 0.478 e. The van der Waals surface area contributed by atoms with E-state index in [9.17, 15) is 9.18 Å². The van der Waals surface area contributed by atoms with Crippen molar-refractivity contribution in [3.63, 3.8) is 0 Å². The van der Waals surface area contributed by atoms with Crippen LogP contribution in [0.2, 0.25) is 0 Å². The zero-order chi connectivity index (χ0) is 14.2. The molecule has 0 aliphatic carbocycles. The van der Waals surface area contributed by atoms with E-state index in [0.29, 0.717) is 5.56 Å². The number of benzene rings is 2. The molecule has 2 rings (SSSR count). The fourth-order valence-corrected chi connectivity index (χ4v) is 2.12. The van der Waals surface area contributed by atoms with Gasteiger partial charge < -0.3 is 5.11 Å². The molecule has 19 heavy (non-hydrogen) atoms. The molecule has 0 atom stereocenters. The van der Waals surface area contributed by atoms with Crippen molar-refractivity contribution in [2.75, 3.05) is 0 Å². The van der Waals surface area contributed by atoms with Crippen molar-refractivity contribution in [1.82, 2.24) is 0 Å². The fraction of sp³-hybridized carbons (Fsp3) is 0.188. The van der Waals surface area contributed by atoms with E-state index in [1.807, 2.05) is 32.9 Å². The second kappa shape index (κ2) is 4.84. The van der Waals surface area contributed by atoms with Crippen molar-refractivity contribution in [2.45, 2.75) is 20.8 Å². The van der Waals surface area contributed by atoms with Crippen LogP contribution in [-0.4, -0.2) is 11.1 Å². The fourth-order valence-electron chi connectivity index (χ4n) is 2.12. The van der Waals surface area contributed by atoms with Crippen LogP contribution in [0.3, 0.4) is 0 Å². The highest BCUT2D eigenvalue weighted by Gasteiger charge is 2.12. The number of carboxylic acid groups (broad SMARTS) is 1. The van der Waals surface area contributed by atoms with Crippen LogP contribution in [0.4, 0.5) is 4.39 Å². The summed E-state index contributed by atoms with van der Waals surface area (Å²) in [5.74, 6) is -1.63. The molecule has 2 aromatic carbocycles. The standard InChI is InChI=1S/C16H15FO2/c1-9-6-11(3)14(7-10(9)2)13-5-4-12(16(18)19)8-15(13)17/h4-8H,1-3H3,(H,18,19). The van der Waals surface area contributed by atoms with Crippen molar-refractivity contribution < 1.29 is 14.3 Å². The molecule has 0 bridgehead atoms. The first-order chi connectivity index (χ1) is 8.90. The zero-order valence-corrected chi connectivity index (χ0v) is 11.1. The summed E-state index contributed by atoms with van der Waals surface area (Å²) in [6, 6.07) is 7.95. The van der Waals surface area contributed by atoms with E-state index in [0.717, 1.165) is 28.3 Å². The number of aryl methyl sites for hydroxylation is 3. The van der Waals surface area contributed by atoms with Gasteiger partial charge in [0.25, 0.3) is 0 Å². The van der Waals surface area contributed by atoms with E-state index in [2.05, 4.69) is 0 Å². The number of carbonyl (C=O) groups is 1. The van der Waals surface area contributed by atoms with Crippen molar-refractivity contribution in [3.05, 3.63) is 58.4 Å². The van der Waals surface area contributed by atoms with Crippen LogP contribution in [0.25, 0.3) is 11.1 Å². The number of halogens is 1. The summed E-state index contributed by atoms with van der Waals surface area (Å²) in [6.07, 6.45) is 0. The monoisotopic (exact) mass is 258 g/mol. The van der Waals surface area contributed by atoms with Crippen molar-refractivity contribution in [1.29, 1.82) is 0 Å². The molecule has 98 valence electrons. The highest BCUT2D eigenvalue weighted by molar-refractivity contribution is 5.88. The molecule has 0 spiro atoms. The smallest absolute Gasteiger partial charge is 0.335 e. The molecule has 0 amide bonds. The lowest BCUT2D eigenvalue weighted by Crippen LogP contribution is -1.98. The quantitative estimate of drug-likeness (QED) is 0.879. The summed E-state index contributed by atoms with van der Waals surface area (Å²) in [6.45, 7) is 5.91. The molecule has 2 aromatic rings. The third-order valence-corrected chi connectivity index (χ3v) is 3.35. The molecule has 0 saturated heterocycles. The van der Waals surface area contributed by atoms with Crippen molar-refractivity contribution in [2.24, 2.45) is 0 Å². The molecule has 0 radical (unpaired) electrons. The van der Waals surface area contributed by atoms with Crippen LogP contribution in [0.5, 0.6) is 0 Å². The first-order valence-electron chi connectivity index (χ1n) is 6.01. The van der Waals surface area contributed by atoms with Gasteiger partial charge in [-0.15, -0.1) is 0 Å². The maximum Gasteiger partial charge on any atom is 0.335 e. The molecule has 1 N–H and O–H groups in total. The van der Waals surface area contributed by atoms with Gasteiger partial charge in [0.1, 0.15) is 5.82 Å². The Labute approximate surface area is 111 Å². The van der Waals surface area contributed by atoms with Crippen LogP contribution in [0.1, 0.15) is 27.0 Å². The summed E-state index contributed by atoms with van der Waals surface area (Å²) in [5.41, 5.74) is 4.42. The average Bonchev–Trinajstić information content (AvgIpc) is 2.34. The minimum Gasteiger partial charge on any atom is -0.478 e. The van der Waals surface area contributed by atoms with Crippen LogP contribution in [0.15, 0.2) is 30.3 Å². The van der Waals surface area contributed by atoms with Gasteiger partial charge in [-0.25, -0.2) is 9.18 Å². The Kier molecular flexibility index (Phi) is 3.38. The zero-order valence-electron chi connectivity index (χ0n) is 11.1. The van der Waals surface area contributed by atoms with E-state index in [4.69, 9.17) is 5.11 Å². The number of carboxylic acids is 1. The van der Waals surface area contributed by atoms with Gasteiger partial charge in [0.05, 0.1) is 5.56 Å². The molecule has 2 nitrogen and oxygen atoms in total. The SMILES string of the molecule is Cc1cc(C)c(-c2ccc(C(=O)O)cc2F)cc1C. The van der Waals surface area contributed by atoms with Gasteiger partial charge in [-0.2, -0.15) is 0 Å². The summed E-state index contributed by atoms with van der Waals surface area (Å²) >= 11 is 0. The Bertz CT molecular complexity index is 660. The number of rotatable bonds is 2. The maximum absolute atomic E-state index is 14.0. The molecule has 0 heterocycles. The lowest BCUT2D eigenvalue weighted by atomic mass is 9.94. The predicted octanol–water partition coefficient (Wildman–Crippen LogP) is 4.12. The first-order valence-corrected chi connectivity index (χ1v) is 6.01. The highest BCUT2D eigenvalue weighted by atomic mass is 19.1. The average molecular weight is 258 g/mol. The van der Waals surface area contributed by atoms with Crippen LogP contribution in [-0.2, 0) is 0 Å². The Morgan fingerprint density at radius 3 is 2.16 bits per heavy atom. The van der Waals surface area contributed by atoms with E-state index < -0.39 is 11.8 Å². The summed E-state index contributed by atoms with van der Waals surface area (Å²) in [4.78, 5) is 10.8. The van der Waals surface area contributed by atoms with E-state index in [-0.39, 0.29) is 5.56 Å². The summed E-state index contributed by atoms with van der Waals surface area (Å²) in [7, 11) is 0. The maximum atomic E-state index is 14.0. The lowest BCUT2D eigenvalue weighted by molar-refractivity contribution is 0.0696. The van der Waals surface area contributed by atoms with E-state index in [1.165, 1.54) is 12.1 Å².